The van der Waals surface area contributed by atoms with Crippen LogP contribution in [0.4, 0.5) is 0 Å². The van der Waals surface area contributed by atoms with Crippen molar-refractivity contribution >= 4 is 0 Å². The van der Waals surface area contributed by atoms with Gasteiger partial charge in [-0.3, -0.25) is 0 Å². The van der Waals surface area contributed by atoms with Gasteiger partial charge in [0.25, 0.3) is 5.79 Å². The van der Waals surface area contributed by atoms with Gasteiger partial charge in [0.05, 0.1) is 11.8 Å². The first-order valence-corrected chi connectivity index (χ1v) is 10.7. The number of rotatable bonds is 6. The zero-order chi connectivity index (χ0) is 20.9. The summed E-state index contributed by atoms with van der Waals surface area (Å²) in [4.78, 5) is 0. The second-order valence-electron chi connectivity index (χ2n) is 7.64. The van der Waals surface area contributed by atoms with Crippen molar-refractivity contribution in [2.24, 2.45) is 0 Å². The van der Waals surface area contributed by atoms with Crippen LogP contribution < -0.4 is 9.47 Å². The van der Waals surface area contributed by atoms with E-state index in [1.807, 2.05) is 72.8 Å². The molecule has 0 bridgehead atoms. The van der Waals surface area contributed by atoms with Crippen LogP contribution in [0, 0.1) is 11.8 Å². The smallest absolute Gasteiger partial charge is 0.272 e. The Balaban J connectivity index is 1.67. The zero-order valence-corrected chi connectivity index (χ0v) is 17.3. The summed E-state index contributed by atoms with van der Waals surface area (Å²) in [5.74, 6) is 2.81. The summed E-state index contributed by atoms with van der Waals surface area (Å²) in [6.45, 7) is 0. The van der Waals surface area contributed by atoms with Crippen molar-refractivity contribution in [3.05, 3.63) is 144 Å². The quantitative estimate of drug-likeness (QED) is 0.326. The molecule has 4 aromatic carbocycles. The van der Waals surface area contributed by atoms with Crippen LogP contribution in [0.5, 0.6) is 11.5 Å². The van der Waals surface area contributed by atoms with Crippen LogP contribution in [0.1, 0.15) is 24.0 Å². The highest BCUT2D eigenvalue weighted by molar-refractivity contribution is 5.52. The number of hydrogen-bond acceptors (Lipinski definition) is 2. The molecule has 1 saturated carbocycles. The van der Waals surface area contributed by atoms with Crippen molar-refractivity contribution in [3.8, 4) is 11.5 Å². The molecule has 0 spiro atoms. The first-order valence-electron chi connectivity index (χ1n) is 10.7. The van der Waals surface area contributed by atoms with E-state index >= 15 is 0 Å². The third kappa shape index (κ3) is 3.94. The van der Waals surface area contributed by atoms with E-state index in [0.29, 0.717) is 0 Å². The Hall–Kier alpha value is -3.52. The average molecular weight is 405 g/mol. The highest BCUT2D eigenvalue weighted by atomic mass is 16.7. The molecule has 0 unspecified atom stereocenters. The molecule has 0 amide bonds. The summed E-state index contributed by atoms with van der Waals surface area (Å²) in [5.41, 5.74) is 2.28. The maximum Gasteiger partial charge on any atom is 0.272 e. The highest BCUT2D eigenvalue weighted by Gasteiger charge is 2.57. The van der Waals surface area contributed by atoms with Gasteiger partial charge in [-0.1, -0.05) is 97.1 Å². The summed E-state index contributed by atoms with van der Waals surface area (Å²) in [6, 6.07) is 40.8. The van der Waals surface area contributed by atoms with Crippen molar-refractivity contribution in [2.45, 2.75) is 18.6 Å². The molecule has 0 aromatic heterocycles. The topological polar surface area (TPSA) is 18.5 Å². The van der Waals surface area contributed by atoms with Gasteiger partial charge >= 0.3 is 0 Å². The molecule has 2 heteroatoms. The lowest BCUT2D eigenvalue weighted by molar-refractivity contribution is -0.0697. The Kier molecular flexibility index (Phi) is 5.45. The Morgan fingerprint density at radius 2 is 0.742 bits per heavy atom. The average Bonchev–Trinajstić information content (AvgIpc) is 3.19. The van der Waals surface area contributed by atoms with E-state index in [9.17, 15) is 0 Å². The molecule has 0 saturated heterocycles. The second kappa shape index (κ2) is 8.69. The van der Waals surface area contributed by atoms with Crippen LogP contribution in [-0.2, 0) is 0 Å². The van der Waals surface area contributed by atoms with Gasteiger partial charge in [-0.25, -0.2) is 0 Å². The Labute approximate surface area is 184 Å². The normalized spacial score (nSPS) is 16.1. The molecule has 1 aliphatic rings. The summed E-state index contributed by atoms with van der Waals surface area (Å²) in [5, 5.41) is 0. The van der Waals surface area contributed by atoms with E-state index in [-0.39, 0.29) is 0 Å². The fourth-order valence-corrected chi connectivity index (χ4v) is 4.28. The summed E-state index contributed by atoms with van der Waals surface area (Å²) in [7, 11) is 0. The van der Waals surface area contributed by atoms with Crippen molar-refractivity contribution in [1.82, 2.24) is 0 Å². The van der Waals surface area contributed by atoms with Crippen molar-refractivity contribution in [3.63, 3.8) is 0 Å². The predicted octanol–water partition coefficient (Wildman–Crippen LogP) is 6.88. The molecule has 0 heterocycles. The molecular weight excluding hydrogens is 380 g/mol. The van der Waals surface area contributed by atoms with Gasteiger partial charge in [-0.05, 0) is 48.2 Å². The molecule has 152 valence electrons. The SMILES string of the molecule is c1ccc(OC2(Oc3ccccc3)[C](c3ccccc3)CC[C]2c2ccccc2)cc1. The first kappa shape index (κ1) is 19.4. The molecule has 5 rings (SSSR count). The van der Waals surface area contributed by atoms with E-state index in [1.54, 1.807) is 0 Å². The first-order chi connectivity index (χ1) is 15.4. The number of benzene rings is 4. The van der Waals surface area contributed by atoms with Crippen LogP contribution >= 0.6 is 0 Å². The zero-order valence-electron chi connectivity index (χ0n) is 17.3. The van der Waals surface area contributed by atoms with Crippen LogP contribution in [0.15, 0.2) is 121 Å². The Morgan fingerprint density at radius 3 is 1.10 bits per heavy atom. The van der Waals surface area contributed by atoms with Gasteiger partial charge in [0.2, 0.25) is 0 Å². The van der Waals surface area contributed by atoms with Crippen LogP contribution in [0.2, 0.25) is 0 Å². The Morgan fingerprint density at radius 1 is 0.419 bits per heavy atom. The second-order valence-corrected chi connectivity index (χ2v) is 7.64. The van der Waals surface area contributed by atoms with Crippen molar-refractivity contribution in [1.29, 1.82) is 0 Å². The van der Waals surface area contributed by atoms with Gasteiger partial charge < -0.3 is 9.47 Å². The maximum atomic E-state index is 6.80. The highest BCUT2D eigenvalue weighted by Crippen LogP contribution is 2.53. The van der Waals surface area contributed by atoms with Crippen molar-refractivity contribution in [2.75, 3.05) is 0 Å². The molecule has 1 fully saturated rings. The van der Waals surface area contributed by atoms with E-state index < -0.39 is 5.79 Å². The molecule has 4 aromatic rings. The van der Waals surface area contributed by atoms with Crippen molar-refractivity contribution < 1.29 is 9.47 Å². The minimum absolute atomic E-state index is 0.780. The maximum absolute atomic E-state index is 6.80. The Bertz CT molecular complexity index is 988. The molecule has 0 aliphatic heterocycles. The molecular formula is C29H24O2. The summed E-state index contributed by atoms with van der Waals surface area (Å²) < 4.78 is 13.6. The van der Waals surface area contributed by atoms with Gasteiger partial charge in [0.15, 0.2) is 0 Å². The van der Waals surface area contributed by atoms with Crippen LogP contribution in [0.3, 0.4) is 0 Å². The molecule has 0 N–H and O–H groups in total. The lowest BCUT2D eigenvalue weighted by atomic mass is 9.85. The third-order valence-electron chi connectivity index (χ3n) is 5.67. The molecule has 2 nitrogen and oxygen atoms in total. The number of hydrogen-bond donors (Lipinski definition) is 0. The van der Waals surface area contributed by atoms with Gasteiger partial charge in [-0.2, -0.15) is 0 Å². The van der Waals surface area contributed by atoms with Gasteiger partial charge in [0.1, 0.15) is 11.5 Å². The van der Waals surface area contributed by atoms with E-state index in [4.69, 9.17) is 9.47 Å². The van der Waals surface area contributed by atoms with Gasteiger partial charge in [-0.15, -0.1) is 0 Å². The molecule has 2 radical (unpaired) electrons. The monoisotopic (exact) mass is 404 g/mol. The number of para-hydroxylation sites is 2. The number of ether oxygens (including phenoxy) is 2. The van der Waals surface area contributed by atoms with Crippen LogP contribution in [-0.4, -0.2) is 5.79 Å². The third-order valence-corrected chi connectivity index (χ3v) is 5.67. The fourth-order valence-electron chi connectivity index (χ4n) is 4.28. The molecule has 31 heavy (non-hydrogen) atoms. The minimum atomic E-state index is -1.02. The largest absolute Gasteiger partial charge is 0.450 e. The van der Waals surface area contributed by atoms with E-state index in [1.165, 1.54) is 0 Å². The standard InChI is InChI=1S/C29H24O2/c1-5-13-23(14-6-1)27-21-22-28(24-15-7-2-8-16-24)29(27,30-25-17-9-3-10-18-25)31-26-19-11-4-12-20-26/h1-20H,21-22H2. The summed E-state index contributed by atoms with van der Waals surface area (Å²) >= 11 is 0. The van der Waals surface area contributed by atoms with E-state index in [2.05, 4.69) is 48.5 Å². The predicted molar refractivity (Wildman–Crippen MR) is 124 cm³/mol. The summed E-state index contributed by atoms with van der Waals surface area (Å²) in [6.07, 6.45) is 1.74. The molecule has 1 aliphatic carbocycles. The van der Waals surface area contributed by atoms with Crippen LogP contribution in [0.25, 0.3) is 0 Å². The van der Waals surface area contributed by atoms with Gasteiger partial charge in [0, 0.05) is 0 Å². The fraction of sp³-hybridized carbons (Fsp3) is 0.103. The minimum Gasteiger partial charge on any atom is -0.450 e. The lowest BCUT2D eigenvalue weighted by Gasteiger charge is -2.40. The van der Waals surface area contributed by atoms with E-state index in [0.717, 1.165) is 47.3 Å². The molecule has 0 atom stereocenters. The lowest BCUT2D eigenvalue weighted by Crippen LogP contribution is -2.50.